The van der Waals surface area contributed by atoms with Crippen LogP contribution in [0.4, 0.5) is 0 Å². The fourth-order valence-corrected chi connectivity index (χ4v) is 1.52. The number of benzene rings is 1. The van der Waals surface area contributed by atoms with Crippen molar-refractivity contribution in [3.8, 4) is 0 Å². The van der Waals surface area contributed by atoms with Crippen LogP contribution in [0, 0.1) is 13.8 Å². The molecule has 0 saturated heterocycles. The molecule has 2 nitrogen and oxygen atoms in total. The fraction of sp³-hybridized carbons (Fsp3) is 0.273. The second-order valence-corrected chi connectivity index (χ2v) is 3.31. The first-order valence-corrected chi connectivity index (χ1v) is 4.32. The SMILES string of the molecule is Cc1ccc(C)c2oc(CO)cc12. The summed E-state index contributed by atoms with van der Waals surface area (Å²) in [6.07, 6.45) is 0. The minimum absolute atomic E-state index is 0.0342. The van der Waals surface area contributed by atoms with Crippen molar-refractivity contribution in [3.05, 3.63) is 35.1 Å². The van der Waals surface area contributed by atoms with Gasteiger partial charge in [-0.1, -0.05) is 12.1 Å². The van der Waals surface area contributed by atoms with E-state index in [0.29, 0.717) is 5.76 Å². The van der Waals surface area contributed by atoms with Crippen LogP contribution in [0.5, 0.6) is 0 Å². The van der Waals surface area contributed by atoms with Crippen molar-refractivity contribution in [3.63, 3.8) is 0 Å². The van der Waals surface area contributed by atoms with Gasteiger partial charge in [0.05, 0.1) is 0 Å². The summed E-state index contributed by atoms with van der Waals surface area (Å²) < 4.78 is 5.48. The van der Waals surface area contributed by atoms with Crippen LogP contribution in [0.3, 0.4) is 0 Å². The molecule has 1 heterocycles. The molecule has 0 spiro atoms. The molecule has 0 aliphatic carbocycles. The molecule has 0 saturated carbocycles. The molecule has 0 unspecified atom stereocenters. The smallest absolute Gasteiger partial charge is 0.137 e. The monoisotopic (exact) mass is 176 g/mol. The van der Waals surface area contributed by atoms with Gasteiger partial charge in [0.15, 0.2) is 0 Å². The van der Waals surface area contributed by atoms with Gasteiger partial charge in [-0.3, -0.25) is 0 Å². The number of aryl methyl sites for hydroxylation is 2. The summed E-state index contributed by atoms with van der Waals surface area (Å²) in [6.45, 7) is 4.01. The van der Waals surface area contributed by atoms with Crippen molar-refractivity contribution in [2.24, 2.45) is 0 Å². The topological polar surface area (TPSA) is 33.4 Å². The van der Waals surface area contributed by atoms with Gasteiger partial charge in [0.2, 0.25) is 0 Å². The average molecular weight is 176 g/mol. The Morgan fingerprint density at radius 1 is 1.23 bits per heavy atom. The van der Waals surface area contributed by atoms with E-state index in [4.69, 9.17) is 9.52 Å². The normalized spacial score (nSPS) is 11.0. The summed E-state index contributed by atoms with van der Waals surface area (Å²) >= 11 is 0. The maximum absolute atomic E-state index is 8.93. The van der Waals surface area contributed by atoms with Crippen molar-refractivity contribution >= 4 is 11.0 Å². The largest absolute Gasteiger partial charge is 0.458 e. The lowest BCUT2D eigenvalue weighted by atomic mass is 10.1. The van der Waals surface area contributed by atoms with Crippen LogP contribution >= 0.6 is 0 Å². The lowest BCUT2D eigenvalue weighted by Crippen LogP contribution is -1.76. The first kappa shape index (κ1) is 8.32. The van der Waals surface area contributed by atoms with Crippen molar-refractivity contribution in [2.75, 3.05) is 0 Å². The molecule has 0 aliphatic rings. The minimum Gasteiger partial charge on any atom is -0.458 e. The molecule has 1 aromatic carbocycles. The van der Waals surface area contributed by atoms with Gasteiger partial charge in [0.25, 0.3) is 0 Å². The average Bonchev–Trinajstić information content (AvgIpc) is 2.56. The fourth-order valence-electron chi connectivity index (χ4n) is 1.52. The molecule has 2 heteroatoms. The molecule has 1 aromatic heterocycles. The standard InChI is InChI=1S/C11H12O2/c1-7-3-4-8(2)11-10(7)5-9(6-12)13-11/h3-5,12H,6H2,1-2H3. The van der Waals surface area contributed by atoms with E-state index < -0.39 is 0 Å². The van der Waals surface area contributed by atoms with Gasteiger partial charge in [0, 0.05) is 5.39 Å². The van der Waals surface area contributed by atoms with E-state index in [1.165, 1.54) is 5.56 Å². The molecule has 13 heavy (non-hydrogen) atoms. The Bertz CT molecular complexity index is 402. The van der Waals surface area contributed by atoms with Crippen LogP contribution in [-0.4, -0.2) is 5.11 Å². The van der Waals surface area contributed by atoms with Crippen molar-refractivity contribution < 1.29 is 9.52 Å². The molecule has 68 valence electrons. The van der Waals surface area contributed by atoms with Crippen molar-refractivity contribution in [2.45, 2.75) is 20.5 Å². The highest BCUT2D eigenvalue weighted by Crippen LogP contribution is 2.25. The first-order chi connectivity index (χ1) is 6.22. The Morgan fingerprint density at radius 2 is 1.92 bits per heavy atom. The molecule has 0 fully saturated rings. The van der Waals surface area contributed by atoms with Gasteiger partial charge < -0.3 is 9.52 Å². The summed E-state index contributed by atoms with van der Waals surface area (Å²) in [6, 6.07) is 5.99. The lowest BCUT2D eigenvalue weighted by molar-refractivity contribution is 0.251. The summed E-state index contributed by atoms with van der Waals surface area (Å²) in [7, 11) is 0. The second kappa shape index (κ2) is 2.89. The van der Waals surface area contributed by atoms with Crippen molar-refractivity contribution in [1.82, 2.24) is 0 Å². The number of rotatable bonds is 1. The Morgan fingerprint density at radius 3 is 2.54 bits per heavy atom. The van der Waals surface area contributed by atoms with E-state index in [1.807, 2.05) is 26.0 Å². The number of aliphatic hydroxyl groups excluding tert-OH is 1. The zero-order valence-electron chi connectivity index (χ0n) is 7.79. The van der Waals surface area contributed by atoms with Gasteiger partial charge >= 0.3 is 0 Å². The number of aliphatic hydroxyl groups is 1. The van der Waals surface area contributed by atoms with E-state index in [9.17, 15) is 0 Å². The van der Waals surface area contributed by atoms with Crippen LogP contribution in [0.15, 0.2) is 22.6 Å². The summed E-state index contributed by atoms with van der Waals surface area (Å²) in [5.41, 5.74) is 3.19. The molecule has 0 radical (unpaired) electrons. The third kappa shape index (κ3) is 1.23. The van der Waals surface area contributed by atoms with Gasteiger partial charge in [0.1, 0.15) is 18.0 Å². The van der Waals surface area contributed by atoms with E-state index in [0.717, 1.165) is 16.5 Å². The van der Waals surface area contributed by atoms with Crippen molar-refractivity contribution in [1.29, 1.82) is 0 Å². The van der Waals surface area contributed by atoms with E-state index in [2.05, 4.69) is 6.07 Å². The molecular formula is C11H12O2. The molecule has 0 bridgehead atoms. The molecule has 1 N–H and O–H groups in total. The van der Waals surface area contributed by atoms with Crippen LogP contribution in [0.2, 0.25) is 0 Å². The molecular weight excluding hydrogens is 164 g/mol. The maximum Gasteiger partial charge on any atom is 0.137 e. The third-order valence-electron chi connectivity index (χ3n) is 2.31. The Labute approximate surface area is 76.8 Å². The van der Waals surface area contributed by atoms with Crippen LogP contribution in [0.1, 0.15) is 16.9 Å². The zero-order chi connectivity index (χ0) is 9.42. The Hall–Kier alpha value is -1.28. The molecule has 0 amide bonds. The van der Waals surface area contributed by atoms with E-state index in [-0.39, 0.29) is 6.61 Å². The van der Waals surface area contributed by atoms with Crippen LogP contribution in [0.25, 0.3) is 11.0 Å². The quantitative estimate of drug-likeness (QED) is 0.724. The number of hydrogen-bond acceptors (Lipinski definition) is 2. The molecule has 2 rings (SSSR count). The number of furan rings is 1. The summed E-state index contributed by atoms with van der Waals surface area (Å²) in [5, 5.41) is 10.0. The summed E-state index contributed by atoms with van der Waals surface area (Å²) in [4.78, 5) is 0. The minimum atomic E-state index is -0.0342. The maximum atomic E-state index is 8.93. The third-order valence-corrected chi connectivity index (χ3v) is 2.31. The Balaban J connectivity index is 2.80. The van der Waals surface area contributed by atoms with E-state index in [1.54, 1.807) is 0 Å². The van der Waals surface area contributed by atoms with E-state index >= 15 is 0 Å². The Kier molecular flexibility index (Phi) is 1.85. The molecule has 0 aliphatic heterocycles. The van der Waals surface area contributed by atoms with Gasteiger partial charge in [-0.15, -0.1) is 0 Å². The highest BCUT2D eigenvalue weighted by atomic mass is 16.4. The molecule has 0 atom stereocenters. The number of hydrogen-bond donors (Lipinski definition) is 1. The lowest BCUT2D eigenvalue weighted by Gasteiger charge is -1.96. The number of fused-ring (bicyclic) bond motifs is 1. The summed E-state index contributed by atoms with van der Waals surface area (Å²) in [5.74, 6) is 0.632. The predicted octanol–water partition coefficient (Wildman–Crippen LogP) is 2.54. The predicted molar refractivity (Wildman–Crippen MR) is 51.6 cm³/mol. The first-order valence-electron chi connectivity index (χ1n) is 4.32. The second-order valence-electron chi connectivity index (χ2n) is 3.31. The van der Waals surface area contributed by atoms with Crippen LogP contribution < -0.4 is 0 Å². The van der Waals surface area contributed by atoms with Gasteiger partial charge in [-0.2, -0.15) is 0 Å². The molecule has 2 aromatic rings. The highest BCUT2D eigenvalue weighted by molar-refractivity contribution is 5.84. The van der Waals surface area contributed by atoms with Gasteiger partial charge in [-0.25, -0.2) is 0 Å². The van der Waals surface area contributed by atoms with Crippen LogP contribution in [-0.2, 0) is 6.61 Å². The zero-order valence-corrected chi connectivity index (χ0v) is 7.79. The van der Waals surface area contributed by atoms with Gasteiger partial charge in [-0.05, 0) is 31.0 Å². The highest BCUT2D eigenvalue weighted by Gasteiger charge is 2.06.